The smallest absolute Gasteiger partial charge is 0.449 e. The van der Waals surface area contributed by atoms with Gasteiger partial charge in [-0.05, 0) is 118 Å². The van der Waals surface area contributed by atoms with Crippen LogP contribution in [0.25, 0.3) is 21.3 Å². The summed E-state index contributed by atoms with van der Waals surface area (Å²) in [7, 11) is 1.91. The van der Waals surface area contributed by atoms with E-state index in [1.165, 1.54) is 17.8 Å². The van der Waals surface area contributed by atoms with Crippen molar-refractivity contribution in [2.75, 3.05) is 63.4 Å². The van der Waals surface area contributed by atoms with Gasteiger partial charge in [0.05, 0.1) is 55.0 Å². The van der Waals surface area contributed by atoms with Crippen LogP contribution < -0.4 is 20.3 Å². The zero-order valence-electron chi connectivity index (χ0n) is 34.3. The number of amides is 1. The molecule has 5 aliphatic rings. The summed E-state index contributed by atoms with van der Waals surface area (Å²) in [6.45, 7) is 7.66. The zero-order valence-corrected chi connectivity index (χ0v) is 35.1. The molecule has 2 unspecified atom stereocenters. The third-order valence-corrected chi connectivity index (χ3v) is 13.8. The Morgan fingerprint density at radius 2 is 1.73 bits per heavy atom. The molecule has 2 atom stereocenters. The Kier molecular flexibility index (Phi) is 11.6. The van der Waals surface area contributed by atoms with Crippen LogP contribution in [0.2, 0.25) is 0 Å². The highest BCUT2D eigenvalue weighted by Crippen LogP contribution is 2.63. The van der Waals surface area contributed by atoms with Gasteiger partial charge >= 0.3 is 6.16 Å². The van der Waals surface area contributed by atoms with Gasteiger partial charge in [-0.3, -0.25) is 14.8 Å². The minimum absolute atomic E-state index is 0.00391. The number of pyridine rings is 1. The lowest BCUT2D eigenvalue weighted by Gasteiger charge is -2.61. The highest BCUT2D eigenvalue weighted by Gasteiger charge is 2.58. The van der Waals surface area contributed by atoms with Crippen molar-refractivity contribution in [3.8, 4) is 17.0 Å². The minimum atomic E-state index is -1.44. The fourth-order valence-corrected chi connectivity index (χ4v) is 11.6. The van der Waals surface area contributed by atoms with Gasteiger partial charge in [-0.25, -0.2) is 9.78 Å². The van der Waals surface area contributed by atoms with Crippen LogP contribution in [0.4, 0.5) is 15.7 Å². The summed E-state index contributed by atoms with van der Waals surface area (Å²) in [5.41, 5.74) is 5.64. The molecule has 4 aliphatic carbocycles. The van der Waals surface area contributed by atoms with Crippen LogP contribution in [0.3, 0.4) is 0 Å². The molecular weight excluding hydrogens is 783 g/mol. The van der Waals surface area contributed by atoms with Gasteiger partial charge in [-0.15, -0.1) is 0 Å². The van der Waals surface area contributed by atoms with Gasteiger partial charge in [0.25, 0.3) is 5.91 Å². The van der Waals surface area contributed by atoms with Gasteiger partial charge in [-0.1, -0.05) is 35.6 Å². The number of hydrogen-bond donors (Lipinski definition) is 3. The lowest BCUT2D eigenvalue weighted by Crippen LogP contribution is -2.58. The molecule has 5 aromatic rings. The van der Waals surface area contributed by atoms with E-state index >= 15 is 0 Å². The molecule has 0 radical (unpaired) electrons. The molecule has 4 bridgehead atoms. The second kappa shape index (κ2) is 17.2. The second-order valence-corrected chi connectivity index (χ2v) is 18.1. The maximum Gasteiger partial charge on any atom is 0.512 e. The summed E-state index contributed by atoms with van der Waals surface area (Å²) in [6, 6.07) is 17.4. The summed E-state index contributed by atoms with van der Waals surface area (Å²) < 4.78 is 26.6. The molecule has 15 heteroatoms. The van der Waals surface area contributed by atoms with Crippen molar-refractivity contribution in [1.29, 1.82) is 0 Å². The van der Waals surface area contributed by atoms with Crippen LogP contribution in [0.1, 0.15) is 65.7 Å². The number of carbonyl (C=O) groups is 2. The summed E-state index contributed by atoms with van der Waals surface area (Å²) in [5.74, 6) is 1.62. The Morgan fingerprint density at radius 1 is 0.933 bits per heavy atom. The number of rotatable bonds is 17. The average Bonchev–Trinajstić information content (AvgIpc) is 3.80. The van der Waals surface area contributed by atoms with Gasteiger partial charge in [0.2, 0.25) is 5.88 Å². The Hall–Kier alpha value is -4.93. The first-order valence-electron chi connectivity index (χ1n) is 21.1. The number of nitrogens with zero attached hydrogens (tertiary/aromatic N) is 5. The van der Waals surface area contributed by atoms with Crippen molar-refractivity contribution < 1.29 is 33.6 Å². The minimum Gasteiger partial charge on any atom is -0.449 e. The number of aromatic nitrogens is 4. The molecule has 0 spiro atoms. The molecule has 4 saturated carbocycles. The van der Waals surface area contributed by atoms with Crippen LogP contribution in [0.15, 0.2) is 60.8 Å². The Morgan fingerprint density at radius 3 is 2.53 bits per heavy atom. The van der Waals surface area contributed by atoms with E-state index in [1.54, 1.807) is 6.20 Å². The second-order valence-electron chi connectivity index (χ2n) is 17.1. The number of fused-ring (bicyclic) bond motifs is 2. The maximum atomic E-state index is 13.7. The van der Waals surface area contributed by atoms with E-state index in [2.05, 4.69) is 31.3 Å². The molecule has 0 saturated heterocycles. The van der Waals surface area contributed by atoms with Crippen LogP contribution in [0.5, 0.6) is 5.88 Å². The number of carbonyl (C=O) groups excluding carboxylic acids is 1. The molecule has 316 valence electrons. The van der Waals surface area contributed by atoms with E-state index in [1.807, 2.05) is 62.5 Å². The Bertz CT molecular complexity index is 2320. The van der Waals surface area contributed by atoms with Gasteiger partial charge in [0.1, 0.15) is 5.82 Å². The monoisotopic (exact) mass is 835 g/mol. The van der Waals surface area contributed by atoms with E-state index in [0.717, 1.165) is 77.8 Å². The fourth-order valence-electron chi connectivity index (χ4n) is 10.8. The standard InChI is InChI=1S/C45H53N7O7S/c1-29-35(25-47-52(29)28-44-21-30-20-31(22-44)24-45(23-30,27-44)58-19-18-57-17-16-56-15-13-46-2)34-10-11-39(49-41(34)59-43(54)55)51-14-12-32-6-5-7-33(36(32)26-51)40(53)50-42-48-37-8-3-4-9-38(37)60-42/h3-11,25,30-31,46H,12-24,26-28H2,1-2H3,(H,54,55)(H,48,50,53). The first-order chi connectivity index (χ1) is 29.2. The maximum absolute atomic E-state index is 13.7. The number of ether oxygens (including phenoxy) is 4. The number of benzene rings is 2. The van der Waals surface area contributed by atoms with Gasteiger partial charge in [0, 0.05) is 48.6 Å². The third kappa shape index (κ3) is 8.50. The van der Waals surface area contributed by atoms with E-state index < -0.39 is 6.16 Å². The number of para-hydroxylation sites is 1. The predicted molar refractivity (Wildman–Crippen MR) is 229 cm³/mol. The molecule has 14 nitrogen and oxygen atoms in total. The van der Waals surface area contributed by atoms with E-state index in [9.17, 15) is 14.7 Å². The van der Waals surface area contributed by atoms with E-state index in [0.29, 0.717) is 86.5 Å². The topological polar surface area (TPSA) is 162 Å². The van der Waals surface area contributed by atoms with Crippen molar-refractivity contribution in [2.24, 2.45) is 17.3 Å². The van der Waals surface area contributed by atoms with Crippen molar-refractivity contribution >= 4 is 44.6 Å². The van der Waals surface area contributed by atoms with Crippen molar-refractivity contribution in [3.05, 3.63) is 83.2 Å². The van der Waals surface area contributed by atoms with Crippen molar-refractivity contribution in [1.82, 2.24) is 25.1 Å². The van der Waals surface area contributed by atoms with Crippen LogP contribution in [-0.4, -0.2) is 95.7 Å². The molecule has 1 aliphatic heterocycles. The number of nitrogens with one attached hydrogen (secondary N) is 2. The summed E-state index contributed by atoms with van der Waals surface area (Å²) in [5, 5.41) is 21.4. The normalized spacial score (nSPS) is 22.9. The zero-order chi connectivity index (χ0) is 41.3. The molecule has 3 N–H and O–H groups in total. The number of likely N-dealkylation sites (N-methyl/N-ethyl adjacent to an activating group) is 1. The summed E-state index contributed by atoms with van der Waals surface area (Å²) in [6.07, 6.45) is 7.88. The molecule has 4 heterocycles. The van der Waals surface area contributed by atoms with E-state index in [-0.39, 0.29) is 22.8 Å². The number of carboxylic acid groups (broad SMARTS) is 1. The molecule has 4 fully saturated rings. The fraction of sp³-hybridized carbons (Fsp3) is 0.489. The third-order valence-electron chi connectivity index (χ3n) is 12.9. The highest BCUT2D eigenvalue weighted by atomic mass is 32.1. The predicted octanol–water partition coefficient (Wildman–Crippen LogP) is 7.34. The molecule has 1 amide bonds. The molecule has 2 aromatic carbocycles. The van der Waals surface area contributed by atoms with Crippen LogP contribution in [0, 0.1) is 24.2 Å². The Labute approximate surface area is 353 Å². The van der Waals surface area contributed by atoms with Crippen LogP contribution in [-0.2, 0) is 33.7 Å². The quantitative estimate of drug-likeness (QED) is 0.0632. The largest absolute Gasteiger partial charge is 0.512 e. The molecule has 3 aromatic heterocycles. The molecular formula is C45H53N7O7S. The highest BCUT2D eigenvalue weighted by molar-refractivity contribution is 7.22. The first-order valence-corrected chi connectivity index (χ1v) is 21.9. The average molecular weight is 836 g/mol. The van der Waals surface area contributed by atoms with Crippen LogP contribution >= 0.6 is 11.3 Å². The lowest BCUT2D eigenvalue weighted by atomic mass is 9.48. The van der Waals surface area contributed by atoms with Gasteiger partial charge in [-0.2, -0.15) is 10.1 Å². The molecule has 60 heavy (non-hydrogen) atoms. The van der Waals surface area contributed by atoms with Gasteiger partial charge in [0.15, 0.2) is 5.13 Å². The van der Waals surface area contributed by atoms with Gasteiger partial charge < -0.3 is 34.3 Å². The molecule has 10 rings (SSSR count). The van der Waals surface area contributed by atoms with Crippen molar-refractivity contribution in [2.45, 2.75) is 70.6 Å². The van der Waals surface area contributed by atoms with E-state index in [4.69, 9.17) is 29.0 Å². The first kappa shape index (κ1) is 40.5. The summed E-state index contributed by atoms with van der Waals surface area (Å²) >= 11 is 1.44. The van der Waals surface area contributed by atoms with Crippen molar-refractivity contribution in [3.63, 3.8) is 0 Å². The number of anilines is 2. The lowest BCUT2D eigenvalue weighted by molar-refractivity contribution is -0.201. The number of thiazole rings is 1. The summed E-state index contributed by atoms with van der Waals surface area (Å²) in [4.78, 5) is 37.2. The Balaban J connectivity index is 0.891. The number of hydrogen-bond acceptors (Lipinski definition) is 12. The SMILES string of the molecule is CNCCOCCOCCOC12CC3CC(CC(Cn4ncc(-c5ccc(N6CCc7cccc(C(=O)Nc8nc9ccccc9s8)c7C6)nc5OC(=O)O)c4C)(C3)C1)C2.